The summed E-state index contributed by atoms with van der Waals surface area (Å²) in [5, 5.41) is 29.2. The molecule has 19 heavy (non-hydrogen) atoms. The number of phenols is 2. The lowest BCUT2D eigenvalue weighted by atomic mass is 10.1. The minimum Gasteiger partial charge on any atom is -0.508 e. The van der Waals surface area contributed by atoms with E-state index in [0.29, 0.717) is 24.5 Å². The Morgan fingerprint density at radius 1 is 1.16 bits per heavy atom. The molecule has 0 aliphatic carbocycles. The van der Waals surface area contributed by atoms with E-state index < -0.39 is 0 Å². The number of hydrogen-bond donors (Lipinski definition) is 3. The Morgan fingerprint density at radius 2 is 1.95 bits per heavy atom. The third kappa shape index (κ3) is 1.83. The molecular formula is C14H14N2O3. The molecule has 98 valence electrons. The molecule has 5 nitrogen and oxygen atoms in total. The smallest absolute Gasteiger partial charge is 0.142 e. The van der Waals surface area contributed by atoms with Crippen LogP contribution >= 0.6 is 0 Å². The van der Waals surface area contributed by atoms with Crippen molar-refractivity contribution >= 4 is 5.69 Å². The predicted molar refractivity (Wildman–Crippen MR) is 70.3 cm³/mol. The van der Waals surface area contributed by atoms with E-state index in [9.17, 15) is 15.3 Å². The second-order valence-electron chi connectivity index (χ2n) is 4.73. The van der Waals surface area contributed by atoms with Crippen molar-refractivity contribution in [1.29, 1.82) is 0 Å². The summed E-state index contributed by atoms with van der Waals surface area (Å²) in [5.74, 6) is 0.272. The van der Waals surface area contributed by atoms with Gasteiger partial charge in [0.1, 0.15) is 17.2 Å². The second kappa shape index (κ2) is 4.05. The Balaban J connectivity index is 1.97. The Morgan fingerprint density at radius 3 is 2.68 bits per heavy atom. The lowest BCUT2D eigenvalue weighted by molar-refractivity contribution is 0.449. The zero-order valence-corrected chi connectivity index (χ0v) is 10.5. The van der Waals surface area contributed by atoms with Crippen LogP contribution in [0.15, 0.2) is 24.4 Å². The molecule has 1 aliphatic heterocycles. The van der Waals surface area contributed by atoms with Gasteiger partial charge < -0.3 is 20.2 Å². The highest BCUT2D eigenvalue weighted by Gasteiger charge is 2.25. The number of aryl methyl sites for hydroxylation is 1. The topological polar surface area (TPSA) is 76.8 Å². The van der Waals surface area contributed by atoms with Crippen LogP contribution in [0.25, 0.3) is 0 Å². The van der Waals surface area contributed by atoms with Crippen LogP contribution in [0.1, 0.15) is 16.8 Å². The molecule has 1 aromatic heterocycles. The van der Waals surface area contributed by atoms with Gasteiger partial charge in [-0.2, -0.15) is 0 Å². The molecule has 0 amide bonds. The molecular weight excluding hydrogens is 244 g/mol. The Labute approximate surface area is 110 Å². The monoisotopic (exact) mass is 258 g/mol. The van der Waals surface area contributed by atoms with E-state index in [1.165, 1.54) is 12.1 Å². The average molecular weight is 258 g/mol. The number of pyridine rings is 1. The zero-order chi connectivity index (χ0) is 13.6. The number of rotatable bonds is 1. The SMILES string of the molecule is Cc1ncc2c(c1O)CN(c1ccc(O)cc1O)C2. The summed E-state index contributed by atoms with van der Waals surface area (Å²) >= 11 is 0. The third-order valence-electron chi connectivity index (χ3n) is 3.44. The molecule has 0 fully saturated rings. The van der Waals surface area contributed by atoms with Gasteiger partial charge in [-0.1, -0.05) is 0 Å². The van der Waals surface area contributed by atoms with E-state index >= 15 is 0 Å². The molecule has 0 radical (unpaired) electrons. The summed E-state index contributed by atoms with van der Waals surface area (Å²) in [7, 11) is 0. The van der Waals surface area contributed by atoms with Crippen molar-refractivity contribution < 1.29 is 15.3 Å². The summed E-state index contributed by atoms with van der Waals surface area (Å²) in [4.78, 5) is 6.07. The van der Waals surface area contributed by atoms with Crippen LogP contribution in [0, 0.1) is 6.92 Å². The van der Waals surface area contributed by atoms with E-state index in [1.807, 2.05) is 4.90 Å². The van der Waals surface area contributed by atoms with Crippen molar-refractivity contribution in [3.05, 3.63) is 41.2 Å². The lowest BCUT2D eigenvalue weighted by Gasteiger charge is -2.18. The molecule has 2 heterocycles. The van der Waals surface area contributed by atoms with Crippen LogP contribution in [-0.4, -0.2) is 20.3 Å². The maximum Gasteiger partial charge on any atom is 0.142 e. The van der Waals surface area contributed by atoms with Gasteiger partial charge in [0.25, 0.3) is 0 Å². The minimum atomic E-state index is 0.0250. The van der Waals surface area contributed by atoms with Crippen LogP contribution in [-0.2, 0) is 13.1 Å². The predicted octanol–water partition coefficient (Wildman–Crippen LogP) is 2.03. The van der Waals surface area contributed by atoms with Gasteiger partial charge in [0, 0.05) is 30.9 Å². The summed E-state index contributed by atoms with van der Waals surface area (Å²) in [6.45, 7) is 2.85. The number of fused-ring (bicyclic) bond motifs is 1. The summed E-state index contributed by atoms with van der Waals surface area (Å²) in [6, 6.07) is 4.50. The molecule has 0 unspecified atom stereocenters. The molecule has 0 saturated carbocycles. The van der Waals surface area contributed by atoms with Crippen LogP contribution in [0.3, 0.4) is 0 Å². The third-order valence-corrected chi connectivity index (χ3v) is 3.44. The van der Waals surface area contributed by atoms with E-state index in [4.69, 9.17) is 0 Å². The molecule has 0 atom stereocenters. The number of anilines is 1. The summed E-state index contributed by atoms with van der Waals surface area (Å²) in [5.41, 5.74) is 3.04. The van der Waals surface area contributed by atoms with Crippen LogP contribution in [0.2, 0.25) is 0 Å². The van der Waals surface area contributed by atoms with Crippen LogP contribution in [0.4, 0.5) is 5.69 Å². The Hall–Kier alpha value is -2.43. The molecule has 1 aliphatic rings. The van der Waals surface area contributed by atoms with Gasteiger partial charge in [0.05, 0.1) is 11.4 Å². The van der Waals surface area contributed by atoms with Gasteiger partial charge in [-0.05, 0) is 24.6 Å². The fourth-order valence-electron chi connectivity index (χ4n) is 2.40. The number of aromatic hydroxyl groups is 3. The highest BCUT2D eigenvalue weighted by molar-refractivity contribution is 5.63. The number of aromatic nitrogens is 1. The van der Waals surface area contributed by atoms with Crippen LogP contribution < -0.4 is 4.90 Å². The Kier molecular flexibility index (Phi) is 2.48. The zero-order valence-electron chi connectivity index (χ0n) is 10.5. The van der Waals surface area contributed by atoms with Crippen molar-refractivity contribution in [1.82, 2.24) is 4.98 Å². The van der Waals surface area contributed by atoms with Crippen molar-refractivity contribution in [2.75, 3.05) is 4.90 Å². The van der Waals surface area contributed by atoms with Gasteiger partial charge in [-0.25, -0.2) is 0 Å². The Bertz CT molecular complexity index is 655. The largest absolute Gasteiger partial charge is 0.508 e. The van der Waals surface area contributed by atoms with Gasteiger partial charge in [0.15, 0.2) is 0 Å². The molecule has 0 spiro atoms. The lowest BCUT2D eigenvalue weighted by Crippen LogP contribution is -2.14. The first-order valence-electron chi connectivity index (χ1n) is 5.99. The van der Waals surface area contributed by atoms with Crippen molar-refractivity contribution in [3.63, 3.8) is 0 Å². The minimum absolute atomic E-state index is 0.0250. The molecule has 3 N–H and O–H groups in total. The van der Waals surface area contributed by atoms with Crippen molar-refractivity contribution in [2.24, 2.45) is 0 Å². The fourth-order valence-corrected chi connectivity index (χ4v) is 2.40. The first-order chi connectivity index (χ1) is 9.06. The number of phenolic OH excluding ortho intramolecular Hbond substituents is 2. The molecule has 0 saturated heterocycles. The van der Waals surface area contributed by atoms with Gasteiger partial charge in [-0.3, -0.25) is 4.98 Å². The van der Waals surface area contributed by atoms with Crippen molar-refractivity contribution in [3.8, 4) is 17.2 Å². The van der Waals surface area contributed by atoms with Crippen molar-refractivity contribution in [2.45, 2.75) is 20.0 Å². The molecule has 2 aromatic rings. The molecule has 3 rings (SSSR count). The first kappa shape index (κ1) is 11.6. The maximum absolute atomic E-state index is 10.0. The van der Waals surface area contributed by atoms with Gasteiger partial charge in [-0.15, -0.1) is 0 Å². The van der Waals surface area contributed by atoms with E-state index in [-0.39, 0.29) is 17.2 Å². The van der Waals surface area contributed by atoms with E-state index in [2.05, 4.69) is 4.98 Å². The number of hydrogen-bond acceptors (Lipinski definition) is 5. The highest BCUT2D eigenvalue weighted by atomic mass is 16.3. The molecule has 5 heteroatoms. The quantitative estimate of drug-likeness (QED) is 0.729. The summed E-state index contributed by atoms with van der Waals surface area (Å²) < 4.78 is 0. The average Bonchev–Trinajstić information content (AvgIpc) is 2.78. The number of nitrogens with zero attached hydrogens (tertiary/aromatic N) is 2. The van der Waals surface area contributed by atoms with Gasteiger partial charge >= 0.3 is 0 Å². The first-order valence-corrected chi connectivity index (χ1v) is 5.99. The standard InChI is InChI=1S/C14H14N2O3/c1-8-14(19)11-7-16(6-9(11)5-15-8)12-3-2-10(17)4-13(12)18/h2-5,17-19H,6-7H2,1H3. The maximum atomic E-state index is 10.0. The number of benzene rings is 1. The van der Waals surface area contributed by atoms with E-state index in [0.717, 1.165) is 11.1 Å². The van der Waals surface area contributed by atoms with E-state index in [1.54, 1.807) is 19.2 Å². The highest BCUT2D eigenvalue weighted by Crippen LogP contribution is 2.38. The van der Waals surface area contributed by atoms with Crippen LogP contribution in [0.5, 0.6) is 17.2 Å². The normalized spacial score (nSPS) is 13.6. The summed E-state index contributed by atoms with van der Waals surface area (Å²) in [6.07, 6.45) is 1.75. The second-order valence-corrected chi connectivity index (χ2v) is 4.73. The molecule has 0 bridgehead atoms. The molecule has 1 aromatic carbocycles. The fraction of sp³-hybridized carbons (Fsp3) is 0.214. The van der Waals surface area contributed by atoms with Gasteiger partial charge in [0.2, 0.25) is 0 Å².